The van der Waals surface area contributed by atoms with Gasteiger partial charge in [0, 0.05) is 42.2 Å². The number of hydrogen-bond donors (Lipinski definition) is 1. The van der Waals surface area contributed by atoms with Crippen LogP contribution < -0.4 is 5.32 Å². The molecule has 30 heavy (non-hydrogen) atoms. The number of carbonyl (C=O) groups is 2. The maximum absolute atomic E-state index is 12.7. The molecule has 0 unspecified atom stereocenters. The third-order valence-electron chi connectivity index (χ3n) is 4.24. The number of carbonyl (C=O) groups excluding carboxylic acids is 2. The van der Waals surface area contributed by atoms with E-state index in [1.807, 2.05) is 42.5 Å². The molecule has 0 aliphatic carbocycles. The minimum absolute atomic E-state index is 0.131. The largest absolute Gasteiger partial charge is 0.383 e. The molecule has 0 saturated carbocycles. The van der Waals surface area contributed by atoms with Gasteiger partial charge in [-0.1, -0.05) is 57.6 Å². The monoisotopic (exact) mass is 488 g/mol. The minimum Gasteiger partial charge on any atom is -0.383 e. The van der Waals surface area contributed by atoms with Crippen LogP contribution in [0, 0.1) is 0 Å². The van der Waals surface area contributed by atoms with Gasteiger partial charge in [0.05, 0.1) is 6.61 Å². The van der Waals surface area contributed by atoms with Crippen LogP contribution in [0.25, 0.3) is 10.6 Å². The number of nitrogens with zero attached hydrogens (tertiary/aromatic N) is 3. The van der Waals surface area contributed by atoms with Gasteiger partial charge in [-0.25, -0.2) is 0 Å². The Hall–Kier alpha value is -2.62. The van der Waals surface area contributed by atoms with E-state index < -0.39 is 0 Å². The number of hydrogen-bond acceptors (Lipinski definition) is 6. The first-order chi connectivity index (χ1) is 14.6. The molecule has 0 saturated heterocycles. The summed E-state index contributed by atoms with van der Waals surface area (Å²) in [5.74, 6) is -0.356. The summed E-state index contributed by atoms with van der Waals surface area (Å²) in [5, 5.41) is 12.1. The van der Waals surface area contributed by atoms with Crippen molar-refractivity contribution >= 4 is 44.2 Å². The molecule has 3 rings (SSSR count). The molecule has 156 valence electrons. The lowest BCUT2D eigenvalue weighted by molar-refractivity contribution is -0.116. The van der Waals surface area contributed by atoms with Gasteiger partial charge in [-0.15, -0.1) is 10.2 Å². The van der Waals surface area contributed by atoms with Gasteiger partial charge in [0.15, 0.2) is 0 Å². The van der Waals surface area contributed by atoms with Gasteiger partial charge >= 0.3 is 0 Å². The number of nitrogens with one attached hydrogen (secondary N) is 1. The Kier molecular flexibility index (Phi) is 8.06. The zero-order chi connectivity index (χ0) is 21.3. The molecule has 0 bridgehead atoms. The number of halogens is 1. The Balaban J connectivity index is 1.57. The zero-order valence-electron chi connectivity index (χ0n) is 16.4. The Bertz CT molecular complexity index is 979. The number of aromatic nitrogens is 2. The van der Waals surface area contributed by atoms with Crippen LogP contribution in [0.4, 0.5) is 5.13 Å². The van der Waals surface area contributed by atoms with Crippen molar-refractivity contribution in [2.45, 2.75) is 6.42 Å². The third-order valence-corrected chi connectivity index (χ3v) is 5.66. The highest BCUT2D eigenvalue weighted by atomic mass is 79.9. The summed E-state index contributed by atoms with van der Waals surface area (Å²) in [6, 6.07) is 16.7. The Morgan fingerprint density at radius 1 is 1.07 bits per heavy atom. The van der Waals surface area contributed by atoms with E-state index >= 15 is 0 Å². The Morgan fingerprint density at radius 2 is 1.80 bits per heavy atom. The number of ether oxygens (including phenoxy) is 1. The highest BCUT2D eigenvalue weighted by Gasteiger charge is 2.17. The molecule has 0 radical (unpaired) electrons. The van der Waals surface area contributed by atoms with Crippen LogP contribution in [-0.4, -0.2) is 53.7 Å². The summed E-state index contributed by atoms with van der Waals surface area (Å²) in [6.45, 7) is 1.08. The van der Waals surface area contributed by atoms with Crippen LogP contribution in [-0.2, 0) is 9.53 Å². The molecule has 0 aliphatic heterocycles. The second-order valence-corrected chi connectivity index (χ2v) is 8.26. The first-order valence-corrected chi connectivity index (χ1v) is 10.9. The third kappa shape index (κ3) is 6.19. The van der Waals surface area contributed by atoms with E-state index in [4.69, 9.17) is 4.74 Å². The molecule has 1 N–H and O–H groups in total. The van der Waals surface area contributed by atoms with E-state index in [0.717, 1.165) is 15.0 Å². The second-order valence-electron chi connectivity index (χ2n) is 6.37. The van der Waals surface area contributed by atoms with Crippen molar-refractivity contribution in [3.8, 4) is 10.6 Å². The van der Waals surface area contributed by atoms with Crippen molar-refractivity contribution in [2.24, 2.45) is 0 Å². The van der Waals surface area contributed by atoms with Crippen LogP contribution in [0.5, 0.6) is 0 Å². The number of anilines is 1. The lowest BCUT2D eigenvalue weighted by atomic mass is 10.2. The first kappa shape index (κ1) is 22.1. The molecule has 1 aromatic heterocycles. The summed E-state index contributed by atoms with van der Waals surface area (Å²) in [7, 11) is 1.58. The zero-order valence-corrected chi connectivity index (χ0v) is 18.8. The highest BCUT2D eigenvalue weighted by molar-refractivity contribution is 9.10. The Morgan fingerprint density at radius 3 is 2.50 bits per heavy atom. The first-order valence-electron chi connectivity index (χ1n) is 9.29. The van der Waals surface area contributed by atoms with Crippen molar-refractivity contribution in [3.05, 3.63) is 64.6 Å². The van der Waals surface area contributed by atoms with Gasteiger partial charge in [0.1, 0.15) is 5.01 Å². The summed E-state index contributed by atoms with van der Waals surface area (Å²) >= 11 is 4.70. The molecular weight excluding hydrogens is 468 g/mol. The normalized spacial score (nSPS) is 10.6. The summed E-state index contributed by atoms with van der Waals surface area (Å²) in [5.41, 5.74) is 1.51. The SMILES string of the molecule is COCCN(CCC(=O)Nc1nnc(-c2ccc(Br)cc2)s1)C(=O)c1ccccc1. The summed E-state index contributed by atoms with van der Waals surface area (Å²) < 4.78 is 6.08. The minimum atomic E-state index is -0.225. The molecule has 2 aromatic carbocycles. The van der Waals surface area contributed by atoms with E-state index in [1.54, 1.807) is 24.1 Å². The van der Waals surface area contributed by atoms with E-state index in [1.165, 1.54) is 11.3 Å². The standard InChI is InChI=1S/C21H21BrN4O3S/c1-29-14-13-26(20(28)16-5-3-2-4-6-16)12-11-18(27)23-21-25-24-19(30-21)15-7-9-17(22)10-8-15/h2-10H,11-14H2,1H3,(H,23,25,27). The van der Waals surface area contributed by atoms with Gasteiger partial charge < -0.3 is 15.0 Å². The molecule has 1 heterocycles. The fraction of sp³-hybridized carbons (Fsp3) is 0.238. The maximum atomic E-state index is 12.7. The Labute approximate surface area is 187 Å². The second kappa shape index (κ2) is 11.0. The van der Waals surface area contributed by atoms with Gasteiger partial charge in [-0.05, 0) is 24.3 Å². The summed E-state index contributed by atoms with van der Waals surface area (Å²) in [4.78, 5) is 26.7. The van der Waals surface area contributed by atoms with Crippen LogP contribution in [0.3, 0.4) is 0 Å². The fourth-order valence-corrected chi connectivity index (χ4v) is 3.71. The average molecular weight is 489 g/mol. The number of rotatable bonds is 9. The van der Waals surface area contributed by atoms with Gasteiger partial charge in [0.25, 0.3) is 5.91 Å². The molecule has 7 nitrogen and oxygen atoms in total. The van der Waals surface area contributed by atoms with E-state index in [-0.39, 0.29) is 24.8 Å². The summed E-state index contributed by atoms with van der Waals surface area (Å²) in [6.07, 6.45) is 0.148. The van der Waals surface area contributed by atoms with Crippen molar-refractivity contribution < 1.29 is 14.3 Å². The van der Waals surface area contributed by atoms with Gasteiger partial charge in [-0.2, -0.15) is 0 Å². The molecule has 9 heteroatoms. The molecule has 0 aliphatic rings. The lowest BCUT2D eigenvalue weighted by Gasteiger charge is -2.22. The lowest BCUT2D eigenvalue weighted by Crippen LogP contribution is -2.36. The topological polar surface area (TPSA) is 84.4 Å². The van der Waals surface area contributed by atoms with Crippen LogP contribution in [0.1, 0.15) is 16.8 Å². The molecule has 0 atom stereocenters. The fourth-order valence-electron chi connectivity index (χ4n) is 2.68. The van der Waals surface area contributed by atoms with Crippen molar-refractivity contribution in [1.82, 2.24) is 15.1 Å². The van der Waals surface area contributed by atoms with Crippen molar-refractivity contribution in [3.63, 3.8) is 0 Å². The van der Waals surface area contributed by atoms with Crippen molar-refractivity contribution in [1.29, 1.82) is 0 Å². The van der Waals surface area contributed by atoms with E-state index in [2.05, 4.69) is 31.4 Å². The van der Waals surface area contributed by atoms with Crippen LogP contribution in [0.2, 0.25) is 0 Å². The number of methoxy groups -OCH3 is 1. The van der Waals surface area contributed by atoms with Gasteiger partial charge in [-0.3, -0.25) is 9.59 Å². The maximum Gasteiger partial charge on any atom is 0.253 e. The predicted octanol–water partition coefficient (Wildman–Crippen LogP) is 4.09. The quantitative estimate of drug-likeness (QED) is 0.490. The highest BCUT2D eigenvalue weighted by Crippen LogP contribution is 2.27. The molecule has 3 aromatic rings. The van der Waals surface area contributed by atoms with Crippen LogP contribution >= 0.6 is 27.3 Å². The average Bonchev–Trinajstić information content (AvgIpc) is 3.23. The predicted molar refractivity (Wildman–Crippen MR) is 121 cm³/mol. The van der Waals surface area contributed by atoms with Crippen LogP contribution in [0.15, 0.2) is 59.1 Å². The van der Waals surface area contributed by atoms with Crippen molar-refractivity contribution in [2.75, 3.05) is 32.1 Å². The van der Waals surface area contributed by atoms with E-state index in [9.17, 15) is 9.59 Å². The molecule has 0 spiro atoms. The van der Waals surface area contributed by atoms with Gasteiger partial charge in [0.2, 0.25) is 11.0 Å². The molecule has 0 fully saturated rings. The van der Waals surface area contributed by atoms with E-state index in [0.29, 0.717) is 23.8 Å². The molecule has 2 amide bonds. The smallest absolute Gasteiger partial charge is 0.253 e. The number of benzene rings is 2. The molecular formula is C21H21BrN4O3S. The number of amides is 2.